The van der Waals surface area contributed by atoms with Crippen LogP contribution < -0.4 is 10.5 Å². The van der Waals surface area contributed by atoms with Gasteiger partial charge in [0.05, 0.1) is 12.3 Å². The number of benzene rings is 2. The molecule has 0 aromatic heterocycles. The van der Waals surface area contributed by atoms with Crippen LogP contribution >= 0.6 is 0 Å². The van der Waals surface area contributed by atoms with Gasteiger partial charge in [0.2, 0.25) is 0 Å². The number of hydrogen-bond acceptors (Lipinski definition) is 2. The molecule has 0 bridgehead atoms. The van der Waals surface area contributed by atoms with Gasteiger partial charge in [-0.3, -0.25) is 0 Å². The summed E-state index contributed by atoms with van der Waals surface area (Å²) in [5, 5.41) is 2.22. The minimum atomic E-state index is 0.650. The molecule has 17 heavy (non-hydrogen) atoms. The molecule has 2 N–H and O–H groups in total. The maximum absolute atomic E-state index is 6.11. The monoisotopic (exact) mass is 229 g/mol. The molecule has 0 fully saturated rings. The SMILES string of the molecule is CC(C)CCOc1ccc2ccccc2c1N. The topological polar surface area (TPSA) is 35.2 Å². The van der Waals surface area contributed by atoms with E-state index in [2.05, 4.69) is 26.0 Å². The first kappa shape index (κ1) is 11.8. The van der Waals surface area contributed by atoms with Crippen LogP contribution in [-0.4, -0.2) is 6.61 Å². The van der Waals surface area contributed by atoms with Crippen LogP contribution in [0, 0.1) is 5.92 Å². The van der Waals surface area contributed by atoms with Gasteiger partial charge in [-0.05, 0) is 23.8 Å². The molecule has 0 heterocycles. The lowest BCUT2D eigenvalue weighted by atomic mass is 10.1. The first-order valence-corrected chi connectivity index (χ1v) is 6.08. The van der Waals surface area contributed by atoms with E-state index < -0.39 is 0 Å². The van der Waals surface area contributed by atoms with E-state index in [1.54, 1.807) is 0 Å². The Morgan fingerprint density at radius 2 is 1.88 bits per heavy atom. The summed E-state index contributed by atoms with van der Waals surface area (Å²) < 4.78 is 5.73. The van der Waals surface area contributed by atoms with Gasteiger partial charge in [-0.2, -0.15) is 0 Å². The molecule has 0 atom stereocenters. The number of nitrogens with two attached hydrogens (primary N) is 1. The average molecular weight is 229 g/mol. The summed E-state index contributed by atoms with van der Waals surface area (Å²) in [6.07, 6.45) is 1.05. The lowest BCUT2D eigenvalue weighted by Crippen LogP contribution is -2.03. The van der Waals surface area contributed by atoms with E-state index in [-0.39, 0.29) is 0 Å². The van der Waals surface area contributed by atoms with Crippen LogP contribution in [0.15, 0.2) is 36.4 Å². The number of hydrogen-bond donors (Lipinski definition) is 1. The molecule has 2 heteroatoms. The van der Waals surface area contributed by atoms with Crippen molar-refractivity contribution in [2.45, 2.75) is 20.3 Å². The molecule has 0 unspecified atom stereocenters. The van der Waals surface area contributed by atoms with Crippen LogP contribution in [0.2, 0.25) is 0 Å². The van der Waals surface area contributed by atoms with Gasteiger partial charge in [-0.15, -0.1) is 0 Å². The van der Waals surface area contributed by atoms with Gasteiger partial charge in [-0.1, -0.05) is 44.2 Å². The Kier molecular flexibility index (Phi) is 3.52. The van der Waals surface area contributed by atoms with Crippen molar-refractivity contribution in [3.8, 4) is 5.75 Å². The van der Waals surface area contributed by atoms with Crippen LogP contribution in [0.4, 0.5) is 5.69 Å². The lowest BCUT2D eigenvalue weighted by Gasteiger charge is -2.12. The Labute approximate surface area is 102 Å². The minimum absolute atomic E-state index is 0.650. The smallest absolute Gasteiger partial charge is 0.142 e. The number of ether oxygens (including phenoxy) is 1. The second-order valence-corrected chi connectivity index (χ2v) is 4.73. The van der Waals surface area contributed by atoms with Crippen LogP contribution in [-0.2, 0) is 0 Å². The molecular formula is C15H19NO. The van der Waals surface area contributed by atoms with E-state index in [4.69, 9.17) is 10.5 Å². The zero-order valence-electron chi connectivity index (χ0n) is 10.4. The highest BCUT2D eigenvalue weighted by molar-refractivity contribution is 5.95. The molecule has 0 amide bonds. The largest absolute Gasteiger partial charge is 0.491 e. The van der Waals surface area contributed by atoms with E-state index in [1.807, 2.05) is 24.3 Å². The van der Waals surface area contributed by atoms with Gasteiger partial charge < -0.3 is 10.5 Å². The predicted octanol–water partition coefficient (Wildman–Crippen LogP) is 3.85. The Balaban J connectivity index is 2.21. The molecule has 2 nitrogen and oxygen atoms in total. The summed E-state index contributed by atoms with van der Waals surface area (Å²) >= 11 is 0. The average Bonchev–Trinajstić information content (AvgIpc) is 2.32. The van der Waals surface area contributed by atoms with E-state index >= 15 is 0 Å². The molecule has 0 radical (unpaired) electrons. The van der Waals surface area contributed by atoms with Crippen molar-refractivity contribution in [3.05, 3.63) is 36.4 Å². The lowest BCUT2D eigenvalue weighted by molar-refractivity contribution is 0.291. The Morgan fingerprint density at radius 1 is 1.12 bits per heavy atom. The summed E-state index contributed by atoms with van der Waals surface area (Å²) in [5.74, 6) is 1.45. The van der Waals surface area contributed by atoms with Gasteiger partial charge in [0.25, 0.3) is 0 Å². The van der Waals surface area contributed by atoms with E-state index in [9.17, 15) is 0 Å². The highest BCUT2D eigenvalue weighted by Crippen LogP contribution is 2.30. The van der Waals surface area contributed by atoms with Gasteiger partial charge in [-0.25, -0.2) is 0 Å². The van der Waals surface area contributed by atoms with Gasteiger partial charge in [0.15, 0.2) is 0 Å². The maximum atomic E-state index is 6.11. The first-order valence-electron chi connectivity index (χ1n) is 6.08. The van der Waals surface area contributed by atoms with Crippen molar-refractivity contribution in [1.82, 2.24) is 0 Å². The molecule has 0 spiro atoms. The molecule has 0 saturated heterocycles. The van der Waals surface area contributed by atoms with Crippen molar-refractivity contribution in [3.63, 3.8) is 0 Å². The van der Waals surface area contributed by atoms with Crippen molar-refractivity contribution in [2.75, 3.05) is 12.3 Å². The third-order valence-corrected chi connectivity index (χ3v) is 2.88. The quantitative estimate of drug-likeness (QED) is 0.808. The minimum Gasteiger partial charge on any atom is -0.491 e. The number of nitrogen functional groups attached to an aromatic ring is 1. The molecule has 2 aromatic rings. The molecule has 2 aromatic carbocycles. The van der Waals surface area contributed by atoms with Gasteiger partial charge >= 0.3 is 0 Å². The molecule has 0 aliphatic carbocycles. The Hall–Kier alpha value is -1.70. The van der Waals surface area contributed by atoms with E-state index in [0.717, 1.165) is 35.2 Å². The molecular weight excluding hydrogens is 210 g/mol. The Morgan fingerprint density at radius 3 is 2.65 bits per heavy atom. The number of fused-ring (bicyclic) bond motifs is 1. The highest BCUT2D eigenvalue weighted by Gasteiger charge is 2.05. The molecule has 0 saturated carbocycles. The van der Waals surface area contributed by atoms with Crippen LogP contribution in [0.25, 0.3) is 10.8 Å². The van der Waals surface area contributed by atoms with E-state index in [1.165, 1.54) is 0 Å². The normalized spacial score (nSPS) is 11.0. The second kappa shape index (κ2) is 5.09. The summed E-state index contributed by atoms with van der Waals surface area (Å²) in [5.41, 5.74) is 6.85. The van der Waals surface area contributed by atoms with Crippen LogP contribution in [0.1, 0.15) is 20.3 Å². The maximum Gasteiger partial charge on any atom is 0.142 e. The fraction of sp³-hybridized carbons (Fsp3) is 0.333. The molecule has 0 aliphatic heterocycles. The van der Waals surface area contributed by atoms with Gasteiger partial charge in [0.1, 0.15) is 5.75 Å². The molecule has 90 valence electrons. The van der Waals surface area contributed by atoms with Crippen LogP contribution in [0.3, 0.4) is 0 Å². The van der Waals surface area contributed by atoms with Crippen molar-refractivity contribution in [1.29, 1.82) is 0 Å². The van der Waals surface area contributed by atoms with Crippen molar-refractivity contribution >= 4 is 16.5 Å². The fourth-order valence-electron chi connectivity index (χ4n) is 1.81. The zero-order chi connectivity index (χ0) is 12.3. The standard InChI is InChI=1S/C15H19NO/c1-11(2)9-10-17-14-8-7-12-5-3-4-6-13(12)15(14)16/h3-8,11H,9-10,16H2,1-2H3. The van der Waals surface area contributed by atoms with Crippen LogP contribution in [0.5, 0.6) is 5.75 Å². The second-order valence-electron chi connectivity index (χ2n) is 4.73. The summed E-state index contributed by atoms with van der Waals surface area (Å²) in [6, 6.07) is 12.1. The first-order chi connectivity index (χ1) is 8.18. The van der Waals surface area contributed by atoms with E-state index in [0.29, 0.717) is 5.92 Å². The molecule has 0 aliphatic rings. The summed E-state index contributed by atoms with van der Waals surface area (Å²) in [6.45, 7) is 5.10. The Bertz CT molecular complexity index is 505. The third-order valence-electron chi connectivity index (χ3n) is 2.88. The molecule has 2 rings (SSSR count). The zero-order valence-corrected chi connectivity index (χ0v) is 10.4. The van der Waals surface area contributed by atoms with Crippen molar-refractivity contribution < 1.29 is 4.74 Å². The van der Waals surface area contributed by atoms with Gasteiger partial charge in [0, 0.05) is 5.39 Å². The summed E-state index contributed by atoms with van der Waals surface area (Å²) in [4.78, 5) is 0. The highest BCUT2D eigenvalue weighted by atomic mass is 16.5. The third kappa shape index (κ3) is 2.70. The fourth-order valence-corrected chi connectivity index (χ4v) is 1.81. The van der Waals surface area contributed by atoms with Crippen molar-refractivity contribution in [2.24, 2.45) is 5.92 Å². The number of anilines is 1. The predicted molar refractivity (Wildman–Crippen MR) is 73.3 cm³/mol. The number of rotatable bonds is 4. The summed E-state index contributed by atoms with van der Waals surface area (Å²) in [7, 11) is 0.